The van der Waals surface area contributed by atoms with E-state index in [4.69, 9.17) is 38.4 Å². The Balaban J connectivity index is 1.82. The minimum absolute atomic E-state index is 0.0627. The number of anilines is 1. The zero-order chi connectivity index (χ0) is 22.6. The number of hydrogen-bond acceptors (Lipinski definition) is 8. The third-order valence-corrected chi connectivity index (χ3v) is 6.37. The first-order valence-corrected chi connectivity index (χ1v) is 11.0. The number of halogens is 2. The van der Waals surface area contributed by atoms with Crippen LogP contribution in [0.1, 0.15) is 11.7 Å². The second-order valence-electron chi connectivity index (χ2n) is 6.15. The molecule has 164 valence electrons. The van der Waals surface area contributed by atoms with Crippen LogP contribution >= 0.6 is 23.2 Å². The number of hydrogen-bond donors (Lipinski definition) is 3. The molecule has 12 heteroatoms. The second kappa shape index (κ2) is 9.67. The molecule has 0 aliphatic rings. The van der Waals surface area contributed by atoms with E-state index < -0.39 is 16.1 Å². The van der Waals surface area contributed by atoms with Crippen LogP contribution in [0.5, 0.6) is 17.5 Å². The van der Waals surface area contributed by atoms with E-state index in [0.29, 0.717) is 11.3 Å². The van der Waals surface area contributed by atoms with Crippen LogP contribution in [0.4, 0.5) is 5.82 Å². The minimum Gasteiger partial charge on any atom is -0.478 e. The quantitative estimate of drug-likeness (QED) is 0.442. The molecule has 0 aliphatic heterocycles. The predicted molar refractivity (Wildman–Crippen MR) is 116 cm³/mol. The topological polar surface area (TPSA) is 137 Å². The summed E-state index contributed by atoms with van der Waals surface area (Å²) in [5.41, 5.74) is 6.07. The van der Waals surface area contributed by atoms with Gasteiger partial charge in [-0.3, -0.25) is 4.72 Å². The standard InChI is InChI=1S/C19H18Cl2N4O5S/c1-29-19-18(25-31(27,28)15-4-2-3-13(20)17(15)21)23-10-16(24-19)30-12-7-5-11(6-8-12)14(26)9-22/h2-8,10,14,26H,9,22H2,1H3,(H,23,25). The summed E-state index contributed by atoms with van der Waals surface area (Å²) in [5.74, 6) is 0.206. The van der Waals surface area contributed by atoms with Crippen molar-refractivity contribution in [3.05, 3.63) is 64.3 Å². The summed E-state index contributed by atoms with van der Waals surface area (Å²) < 4.78 is 38.4. The maximum atomic E-state index is 12.7. The van der Waals surface area contributed by atoms with E-state index in [2.05, 4.69) is 14.7 Å². The van der Waals surface area contributed by atoms with Crippen LogP contribution in [0.3, 0.4) is 0 Å². The van der Waals surface area contributed by atoms with Crippen LogP contribution in [0, 0.1) is 0 Å². The fourth-order valence-corrected chi connectivity index (χ4v) is 4.28. The predicted octanol–water partition coefficient (Wildman–Crippen LogP) is 3.38. The maximum absolute atomic E-state index is 12.7. The first kappa shape index (κ1) is 23.0. The van der Waals surface area contributed by atoms with Crippen molar-refractivity contribution in [2.45, 2.75) is 11.0 Å². The molecule has 0 amide bonds. The first-order chi connectivity index (χ1) is 14.7. The van der Waals surface area contributed by atoms with Crippen LogP contribution < -0.4 is 19.9 Å². The smallest absolute Gasteiger partial charge is 0.264 e. The number of aliphatic hydroxyl groups excluding tert-OH is 1. The highest BCUT2D eigenvalue weighted by atomic mass is 35.5. The van der Waals surface area contributed by atoms with Gasteiger partial charge in [0.1, 0.15) is 10.6 Å². The van der Waals surface area contributed by atoms with Crippen LogP contribution in [0.15, 0.2) is 53.6 Å². The molecule has 0 saturated carbocycles. The average molecular weight is 485 g/mol. The molecule has 0 bridgehead atoms. The summed E-state index contributed by atoms with van der Waals surface area (Å²) in [4.78, 5) is 7.93. The number of methoxy groups -OCH3 is 1. The van der Waals surface area contributed by atoms with Crippen molar-refractivity contribution in [2.24, 2.45) is 5.73 Å². The van der Waals surface area contributed by atoms with Gasteiger partial charge >= 0.3 is 0 Å². The van der Waals surface area contributed by atoms with Gasteiger partial charge in [0.2, 0.25) is 11.7 Å². The van der Waals surface area contributed by atoms with Crippen molar-refractivity contribution in [3.8, 4) is 17.5 Å². The molecule has 4 N–H and O–H groups in total. The highest BCUT2D eigenvalue weighted by Crippen LogP contribution is 2.32. The lowest BCUT2D eigenvalue weighted by Gasteiger charge is -2.13. The fourth-order valence-electron chi connectivity index (χ4n) is 2.51. The van der Waals surface area contributed by atoms with E-state index in [-0.39, 0.29) is 39.1 Å². The maximum Gasteiger partial charge on any atom is 0.264 e. The highest BCUT2D eigenvalue weighted by molar-refractivity contribution is 7.92. The lowest BCUT2D eigenvalue weighted by Crippen LogP contribution is -2.15. The number of ether oxygens (including phenoxy) is 2. The van der Waals surface area contributed by atoms with Crippen molar-refractivity contribution >= 4 is 39.0 Å². The van der Waals surface area contributed by atoms with Gasteiger partial charge in [-0.2, -0.15) is 4.98 Å². The lowest BCUT2D eigenvalue weighted by atomic mass is 10.1. The summed E-state index contributed by atoms with van der Waals surface area (Å²) in [6.45, 7) is 0.0979. The Morgan fingerprint density at radius 2 is 1.90 bits per heavy atom. The number of aromatic nitrogens is 2. The van der Waals surface area contributed by atoms with Crippen LogP contribution in [-0.4, -0.2) is 37.1 Å². The molecule has 3 rings (SSSR count). The van der Waals surface area contributed by atoms with Crippen molar-refractivity contribution in [2.75, 3.05) is 18.4 Å². The van der Waals surface area contributed by atoms with Crippen LogP contribution in [-0.2, 0) is 10.0 Å². The largest absolute Gasteiger partial charge is 0.478 e. The van der Waals surface area contributed by atoms with E-state index in [0.717, 1.165) is 0 Å². The van der Waals surface area contributed by atoms with Gasteiger partial charge in [0.05, 0.1) is 29.5 Å². The monoisotopic (exact) mass is 484 g/mol. The SMILES string of the molecule is COc1nc(Oc2ccc(C(O)CN)cc2)cnc1NS(=O)(=O)c1cccc(Cl)c1Cl. The highest BCUT2D eigenvalue weighted by Gasteiger charge is 2.23. The molecule has 1 aromatic heterocycles. The Bertz CT molecular complexity index is 1180. The molecule has 1 unspecified atom stereocenters. The number of benzene rings is 2. The molecule has 1 heterocycles. The van der Waals surface area contributed by atoms with Crippen LogP contribution in [0.2, 0.25) is 10.0 Å². The van der Waals surface area contributed by atoms with E-state index in [9.17, 15) is 13.5 Å². The molecule has 31 heavy (non-hydrogen) atoms. The summed E-state index contributed by atoms with van der Waals surface area (Å²) in [7, 11) is -2.80. The number of rotatable bonds is 8. The van der Waals surface area contributed by atoms with Gasteiger partial charge < -0.3 is 20.3 Å². The lowest BCUT2D eigenvalue weighted by molar-refractivity contribution is 0.186. The van der Waals surface area contributed by atoms with Crippen molar-refractivity contribution in [3.63, 3.8) is 0 Å². The van der Waals surface area contributed by atoms with E-state index in [1.807, 2.05) is 0 Å². The van der Waals surface area contributed by atoms with Gasteiger partial charge in [0, 0.05) is 6.54 Å². The molecule has 0 radical (unpaired) electrons. The minimum atomic E-state index is -4.11. The summed E-state index contributed by atoms with van der Waals surface area (Å²) in [6.07, 6.45) is 0.456. The fraction of sp³-hybridized carbons (Fsp3) is 0.158. The third kappa shape index (κ3) is 5.35. The van der Waals surface area contributed by atoms with Gasteiger partial charge in [-0.25, -0.2) is 13.4 Å². The molecular formula is C19H18Cl2N4O5S. The molecule has 0 saturated heterocycles. The number of nitrogens with zero attached hydrogens (tertiary/aromatic N) is 2. The molecular weight excluding hydrogens is 467 g/mol. The third-order valence-electron chi connectivity index (χ3n) is 4.06. The van der Waals surface area contributed by atoms with Crippen molar-refractivity contribution < 1.29 is 23.0 Å². The molecule has 0 aliphatic carbocycles. The number of nitrogens with one attached hydrogen (secondary N) is 1. The molecule has 1 atom stereocenters. The van der Waals surface area contributed by atoms with E-state index >= 15 is 0 Å². The second-order valence-corrected chi connectivity index (χ2v) is 8.58. The zero-order valence-corrected chi connectivity index (χ0v) is 18.4. The van der Waals surface area contributed by atoms with Gasteiger partial charge in [-0.05, 0) is 29.8 Å². The summed E-state index contributed by atoms with van der Waals surface area (Å²) in [6, 6.07) is 10.8. The zero-order valence-electron chi connectivity index (χ0n) is 16.1. The van der Waals surface area contributed by atoms with Gasteiger partial charge in [0.25, 0.3) is 15.9 Å². The van der Waals surface area contributed by atoms with Crippen molar-refractivity contribution in [1.29, 1.82) is 0 Å². The van der Waals surface area contributed by atoms with Crippen LogP contribution in [0.25, 0.3) is 0 Å². The summed E-state index contributed by atoms with van der Waals surface area (Å²) >= 11 is 11.9. The Kier molecular flexibility index (Phi) is 7.19. The van der Waals surface area contributed by atoms with E-state index in [1.54, 1.807) is 24.3 Å². The number of aliphatic hydroxyl groups is 1. The number of nitrogens with two attached hydrogens (primary N) is 1. The van der Waals surface area contributed by atoms with Gasteiger partial charge in [-0.15, -0.1) is 0 Å². The first-order valence-electron chi connectivity index (χ1n) is 8.79. The Morgan fingerprint density at radius 3 is 2.55 bits per heavy atom. The molecule has 2 aromatic carbocycles. The molecule has 9 nitrogen and oxygen atoms in total. The Labute approximate surface area is 188 Å². The van der Waals surface area contributed by atoms with Gasteiger partial charge in [-0.1, -0.05) is 41.4 Å². The molecule has 0 spiro atoms. The van der Waals surface area contributed by atoms with Gasteiger partial charge in [0.15, 0.2) is 0 Å². The van der Waals surface area contributed by atoms with Crippen molar-refractivity contribution in [1.82, 2.24) is 9.97 Å². The molecule has 3 aromatic rings. The molecule has 0 fully saturated rings. The van der Waals surface area contributed by atoms with E-state index in [1.165, 1.54) is 31.5 Å². The normalized spacial score (nSPS) is 12.3. The number of sulfonamides is 1. The summed E-state index contributed by atoms with van der Waals surface area (Å²) in [5, 5.41) is 9.71. The average Bonchev–Trinajstić information content (AvgIpc) is 2.76. The Hall–Kier alpha value is -2.63. The Morgan fingerprint density at radius 1 is 1.19 bits per heavy atom.